The van der Waals surface area contributed by atoms with Gasteiger partial charge in [-0.25, -0.2) is 4.79 Å². The van der Waals surface area contributed by atoms with E-state index < -0.39 is 18.1 Å². The first kappa shape index (κ1) is 54.3. The number of rotatable bonds is 41. The summed E-state index contributed by atoms with van der Waals surface area (Å²) in [4.78, 5) is 37.0. The fourth-order valence-electron chi connectivity index (χ4n) is 6.60. The minimum absolute atomic E-state index is 0.0559. The Balaban J connectivity index is 4.31. The van der Waals surface area contributed by atoms with E-state index in [0.717, 1.165) is 77.0 Å². The van der Waals surface area contributed by atoms with E-state index in [4.69, 9.17) is 14.2 Å². The molecule has 8 nitrogen and oxygen atoms in total. The summed E-state index contributed by atoms with van der Waals surface area (Å²) in [5.41, 5.74) is 0. The van der Waals surface area contributed by atoms with Gasteiger partial charge in [0.2, 0.25) is 0 Å². The van der Waals surface area contributed by atoms with Crippen LogP contribution in [0.3, 0.4) is 0 Å². The standard InChI is InChI=1S/C49H87NO7/c1-6-8-10-12-14-16-18-20-21-22-23-24-25-26-27-28-30-31-33-35-37-39-47(51)56-44-45(43-55-42-41-46(49(53)54)50(3,4)5)57-48(52)40-38-36-34-32-29-19-17-15-13-11-9-7-2/h14,16,20-21,23-24,26-27,45-46H,6-13,15,17-19,22,25,28-44H2,1-5H3/p+1/b16-14+,21-20+,24-23+,27-26+. The molecule has 0 radical (unpaired) electrons. The molecule has 2 atom stereocenters. The van der Waals surface area contributed by atoms with Crippen molar-refractivity contribution in [3.63, 3.8) is 0 Å². The Labute approximate surface area is 350 Å². The molecule has 8 heteroatoms. The first-order valence-corrected chi connectivity index (χ1v) is 23.2. The Kier molecular flexibility index (Phi) is 38.2. The van der Waals surface area contributed by atoms with Crippen molar-refractivity contribution in [3.05, 3.63) is 48.6 Å². The number of aliphatic carboxylic acids is 1. The lowest BCUT2D eigenvalue weighted by Gasteiger charge is -2.31. The molecule has 0 aliphatic carbocycles. The van der Waals surface area contributed by atoms with Crippen LogP contribution in [-0.2, 0) is 28.6 Å². The van der Waals surface area contributed by atoms with Crippen LogP contribution >= 0.6 is 0 Å². The molecule has 0 aliphatic heterocycles. The summed E-state index contributed by atoms with van der Waals surface area (Å²) in [6.07, 6.45) is 47.2. The van der Waals surface area contributed by atoms with E-state index in [-0.39, 0.29) is 36.2 Å². The maximum Gasteiger partial charge on any atom is 0.362 e. The zero-order chi connectivity index (χ0) is 42.1. The molecule has 0 aromatic heterocycles. The van der Waals surface area contributed by atoms with Gasteiger partial charge in [0.15, 0.2) is 12.1 Å². The van der Waals surface area contributed by atoms with Crippen LogP contribution in [0.15, 0.2) is 48.6 Å². The Morgan fingerprint density at radius 1 is 0.526 bits per heavy atom. The zero-order valence-electron chi connectivity index (χ0n) is 37.5. The minimum atomic E-state index is -0.878. The Morgan fingerprint density at radius 3 is 1.40 bits per heavy atom. The van der Waals surface area contributed by atoms with Gasteiger partial charge in [0.1, 0.15) is 6.61 Å². The lowest BCUT2D eigenvalue weighted by molar-refractivity contribution is -0.887. The molecule has 0 amide bonds. The van der Waals surface area contributed by atoms with E-state index in [1.807, 2.05) is 21.1 Å². The number of carboxylic acid groups (broad SMARTS) is 1. The van der Waals surface area contributed by atoms with Crippen molar-refractivity contribution in [3.8, 4) is 0 Å². The molecule has 0 heterocycles. The Hall–Kier alpha value is -2.71. The first-order valence-electron chi connectivity index (χ1n) is 23.2. The molecule has 1 N–H and O–H groups in total. The summed E-state index contributed by atoms with van der Waals surface area (Å²) in [5.74, 6) is -1.49. The van der Waals surface area contributed by atoms with Crippen molar-refractivity contribution in [1.82, 2.24) is 0 Å². The van der Waals surface area contributed by atoms with E-state index in [2.05, 4.69) is 62.5 Å². The number of esters is 2. The van der Waals surface area contributed by atoms with Crippen LogP contribution in [0.5, 0.6) is 0 Å². The number of likely N-dealkylation sites (N-methyl/N-ethyl adjacent to an activating group) is 1. The predicted molar refractivity (Wildman–Crippen MR) is 238 cm³/mol. The van der Waals surface area contributed by atoms with Gasteiger partial charge in [-0.05, 0) is 57.8 Å². The maximum absolute atomic E-state index is 12.7. The normalized spacial score (nSPS) is 13.4. The Morgan fingerprint density at radius 2 is 0.930 bits per heavy atom. The molecule has 0 aliphatic rings. The van der Waals surface area contributed by atoms with Crippen LogP contribution in [0.2, 0.25) is 0 Å². The molecular weight excluding hydrogens is 715 g/mol. The molecular formula is C49H88NO7+. The van der Waals surface area contributed by atoms with Gasteiger partial charge in [-0.3, -0.25) is 9.59 Å². The maximum atomic E-state index is 12.7. The zero-order valence-corrected chi connectivity index (χ0v) is 37.5. The molecule has 57 heavy (non-hydrogen) atoms. The third-order valence-electron chi connectivity index (χ3n) is 10.2. The third-order valence-corrected chi connectivity index (χ3v) is 10.2. The van der Waals surface area contributed by atoms with Crippen molar-refractivity contribution in [2.24, 2.45) is 0 Å². The predicted octanol–water partition coefficient (Wildman–Crippen LogP) is 12.8. The highest BCUT2D eigenvalue weighted by molar-refractivity contribution is 5.72. The molecule has 330 valence electrons. The van der Waals surface area contributed by atoms with E-state index >= 15 is 0 Å². The monoisotopic (exact) mass is 803 g/mol. The fraction of sp³-hybridized carbons (Fsp3) is 0.776. The van der Waals surface area contributed by atoms with Crippen molar-refractivity contribution in [2.45, 2.75) is 206 Å². The summed E-state index contributed by atoms with van der Waals surface area (Å²) in [6, 6.07) is -0.617. The number of allylic oxidation sites excluding steroid dienone is 8. The van der Waals surface area contributed by atoms with Crippen LogP contribution in [0, 0.1) is 0 Å². The first-order chi connectivity index (χ1) is 27.6. The number of ether oxygens (including phenoxy) is 3. The smallest absolute Gasteiger partial charge is 0.362 e. The highest BCUT2D eigenvalue weighted by atomic mass is 16.6. The molecule has 0 bridgehead atoms. The average molecular weight is 803 g/mol. The second-order valence-corrected chi connectivity index (χ2v) is 16.7. The lowest BCUT2D eigenvalue weighted by atomic mass is 10.0. The van der Waals surface area contributed by atoms with Crippen molar-refractivity contribution in [1.29, 1.82) is 0 Å². The SMILES string of the molecule is CCCCC/C=C/C/C=C/C/C=C/C/C=C/CCCCCCCC(=O)OCC(COCCC(C(=O)O)[N+](C)(C)C)OC(=O)CCCCCCCCCCCCCC. The van der Waals surface area contributed by atoms with Gasteiger partial charge in [-0.15, -0.1) is 0 Å². The topological polar surface area (TPSA) is 99.1 Å². The average Bonchev–Trinajstić information content (AvgIpc) is 3.17. The second-order valence-electron chi connectivity index (χ2n) is 16.7. The van der Waals surface area contributed by atoms with Crippen LogP contribution in [0.4, 0.5) is 0 Å². The summed E-state index contributed by atoms with van der Waals surface area (Å²) in [5, 5.41) is 9.62. The second kappa shape index (κ2) is 40.1. The number of quaternary nitrogens is 1. The van der Waals surface area contributed by atoms with Gasteiger partial charge in [0.05, 0.1) is 34.4 Å². The highest BCUT2D eigenvalue weighted by Crippen LogP contribution is 2.14. The molecule has 0 aromatic carbocycles. The number of hydrogen-bond donors (Lipinski definition) is 1. The van der Waals surface area contributed by atoms with E-state index in [1.165, 1.54) is 83.5 Å². The summed E-state index contributed by atoms with van der Waals surface area (Å²) in [7, 11) is 5.52. The van der Waals surface area contributed by atoms with Gasteiger partial charge in [-0.1, -0.05) is 165 Å². The molecule has 0 saturated carbocycles. The Bertz CT molecular complexity index is 1070. The van der Waals surface area contributed by atoms with Crippen LogP contribution < -0.4 is 0 Å². The molecule has 0 spiro atoms. The van der Waals surface area contributed by atoms with Crippen LogP contribution in [0.1, 0.15) is 194 Å². The molecule has 0 aromatic rings. The van der Waals surface area contributed by atoms with Gasteiger partial charge in [-0.2, -0.15) is 0 Å². The van der Waals surface area contributed by atoms with Crippen LogP contribution in [0.25, 0.3) is 0 Å². The van der Waals surface area contributed by atoms with E-state index in [0.29, 0.717) is 19.3 Å². The van der Waals surface area contributed by atoms with E-state index in [9.17, 15) is 19.5 Å². The number of hydrogen-bond acceptors (Lipinski definition) is 6. The number of carbonyl (C=O) groups is 3. The van der Waals surface area contributed by atoms with Crippen LogP contribution in [-0.4, -0.2) is 80.6 Å². The van der Waals surface area contributed by atoms with Crippen molar-refractivity contribution >= 4 is 17.9 Å². The molecule has 2 unspecified atom stereocenters. The van der Waals surface area contributed by atoms with Gasteiger partial charge in [0, 0.05) is 19.3 Å². The summed E-state index contributed by atoms with van der Waals surface area (Å²) >= 11 is 0. The fourth-order valence-corrected chi connectivity index (χ4v) is 6.60. The van der Waals surface area contributed by atoms with Gasteiger partial charge in [0.25, 0.3) is 0 Å². The number of carbonyl (C=O) groups excluding carboxylic acids is 2. The highest BCUT2D eigenvalue weighted by Gasteiger charge is 2.31. The van der Waals surface area contributed by atoms with Gasteiger partial charge >= 0.3 is 17.9 Å². The number of unbranched alkanes of at least 4 members (excludes halogenated alkanes) is 19. The number of nitrogens with zero attached hydrogens (tertiary/aromatic N) is 1. The van der Waals surface area contributed by atoms with Crippen molar-refractivity contribution < 1.29 is 38.2 Å². The van der Waals surface area contributed by atoms with E-state index in [1.54, 1.807) is 0 Å². The molecule has 0 fully saturated rings. The third kappa shape index (κ3) is 38.6. The largest absolute Gasteiger partial charge is 0.477 e. The lowest BCUT2D eigenvalue weighted by Crippen LogP contribution is -2.50. The van der Waals surface area contributed by atoms with Gasteiger partial charge < -0.3 is 23.8 Å². The molecule has 0 saturated heterocycles. The number of carboxylic acids is 1. The quantitative estimate of drug-likeness (QED) is 0.0284. The minimum Gasteiger partial charge on any atom is -0.477 e. The summed E-state index contributed by atoms with van der Waals surface area (Å²) in [6.45, 7) is 4.69. The molecule has 0 rings (SSSR count). The summed E-state index contributed by atoms with van der Waals surface area (Å²) < 4.78 is 17.3. The van der Waals surface area contributed by atoms with Crippen molar-refractivity contribution in [2.75, 3.05) is 41.0 Å².